The fourth-order valence-corrected chi connectivity index (χ4v) is 3.60. The highest BCUT2D eigenvalue weighted by molar-refractivity contribution is 7.93. The molecule has 4 nitrogen and oxygen atoms in total. The Bertz CT molecular complexity index is 725. The SMILES string of the molecule is C[C@]1(C(F)(F)F)ON=C(c2ccccc2)[C@@H]1S(=O)(=O)C(F)(F)F. The summed E-state index contributed by atoms with van der Waals surface area (Å²) in [6, 6.07) is 6.37. The van der Waals surface area contributed by atoms with E-state index in [9.17, 15) is 34.8 Å². The lowest BCUT2D eigenvalue weighted by atomic mass is 9.94. The first-order valence-electron chi connectivity index (χ1n) is 6.01. The average Bonchev–Trinajstić information content (AvgIpc) is 2.78. The number of alkyl halides is 6. The van der Waals surface area contributed by atoms with Gasteiger partial charge in [0.1, 0.15) is 5.71 Å². The van der Waals surface area contributed by atoms with Crippen LogP contribution in [0.1, 0.15) is 12.5 Å². The smallest absolute Gasteiger partial charge is 0.378 e. The van der Waals surface area contributed by atoms with Gasteiger partial charge in [-0.15, -0.1) is 0 Å². The number of oxime groups is 1. The monoisotopic (exact) mass is 361 g/mol. The van der Waals surface area contributed by atoms with E-state index < -0.39 is 38.1 Å². The number of hydrogen-bond donors (Lipinski definition) is 0. The first kappa shape index (κ1) is 17.6. The molecule has 1 aromatic rings. The lowest BCUT2D eigenvalue weighted by Crippen LogP contribution is -2.58. The van der Waals surface area contributed by atoms with E-state index >= 15 is 0 Å². The molecule has 0 aliphatic carbocycles. The highest BCUT2D eigenvalue weighted by Gasteiger charge is 2.72. The molecule has 1 aliphatic heterocycles. The van der Waals surface area contributed by atoms with E-state index in [2.05, 4.69) is 9.99 Å². The third-order valence-corrected chi connectivity index (χ3v) is 5.29. The minimum Gasteiger partial charge on any atom is -0.378 e. The van der Waals surface area contributed by atoms with Crippen molar-refractivity contribution < 1.29 is 39.6 Å². The minimum absolute atomic E-state index is 0.210. The van der Waals surface area contributed by atoms with Gasteiger partial charge in [0.2, 0.25) is 0 Å². The summed E-state index contributed by atoms with van der Waals surface area (Å²) in [4.78, 5) is 4.15. The van der Waals surface area contributed by atoms with Gasteiger partial charge in [0.25, 0.3) is 15.4 Å². The summed E-state index contributed by atoms with van der Waals surface area (Å²) in [5.41, 5.74) is -10.7. The summed E-state index contributed by atoms with van der Waals surface area (Å²) in [7, 11) is -6.24. The molecule has 0 N–H and O–H groups in total. The zero-order valence-electron chi connectivity index (χ0n) is 11.3. The maximum absolute atomic E-state index is 13.2. The Labute approximate surface area is 126 Å². The van der Waals surface area contributed by atoms with Crippen LogP contribution in [-0.2, 0) is 14.7 Å². The van der Waals surface area contributed by atoms with Crippen LogP contribution in [0.25, 0.3) is 0 Å². The van der Waals surface area contributed by atoms with Crippen molar-refractivity contribution in [2.45, 2.75) is 29.5 Å². The van der Waals surface area contributed by atoms with Crippen molar-refractivity contribution in [2.75, 3.05) is 0 Å². The van der Waals surface area contributed by atoms with Crippen LogP contribution < -0.4 is 0 Å². The molecule has 23 heavy (non-hydrogen) atoms. The van der Waals surface area contributed by atoms with Crippen LogP contribution in [0.4, 0.5) is 26.3 Å². The van der Waals surface area contributed by atoms with Gasteiger partial charge >= 0.3 is 11.7 Å². The molecule has 0 saturated carbocycles. The van der Waals surface area contributed by atoms with Crippen LogP contribution in [0.5, 0.6) is 0 Å². The number of benzene rings is 1. The molecule has 11 heteroatoms. The van der Waals surface area contributed by atoms with Gasteiger partial charge in [0, 0.05) is 5.56 Å². The second kappa shape index (κ2) is 5.11. The van der Waals surface area contributed by atoms with Crippen LogP contribution in [0.2, 0.25) is 0 Å². The third kappa shape index (κ3) is 2.66. The van der Waals surface area contributed by atoms with Crippen molar-refractivity contribution in [1.82, 2.24) is 0 Å². The van der Waals surface area contributed by atoms with Gasteiger partial charge in [-0.25, -0.2) is 8.42 Å². The zero-order chi connectivity index (χ0) is 17.7. The maximum atomic E-state index is 13.2. The molecule has 0 fully saturated rings. The zero-order valence-corrected chi connectivity index (χ0v) is 12.1. The molecular formula is C12H9F6NO3S. The normalized spacial score (nSPS) is 25.9. The molecule has 2 atom stereocenters. The molecule has 0 radical (unpaired) electrons. The van der Waals surface area contributed by atoms with Crippen LogP contribution in [0, 0.1) is 0 Å². The number of halogens is 6. The topological polar surface area (TPSA) is 55.7 Å². The van der Waals surface area contributed by atoms with Crippen molar-refractivity contribution in [3.05, 3.63) is 35.9 Å². The average molecular weight is 361 g/mol. The summed E-state index contributed by atoms with van der Waals surface area (Å²) >= 11 is 0. The van der Waals surface area contributed by atoms with Crippen LogP contribution in [0.15, 0.2) is 35.5 Å². The van der Waals surface area contributed by atoms with Gasteiger partial charge < -0.3 is 4.84 Å². The lowest BCUT2D eigenvalue weighted by Gasteiger charge is -2.31. The molecule has 0 saturated heterocycles. The molecule has 1 aliphatic rings. The fourth-order valence-electron chi connectivity index (χ4n) is 2.09. The van der Waals surface area contributed by atoms with Gasteiger partial charge in [0.15, 0.2) is 5.25 Å². The number of sulfone groups is 1. The van der Waals surface area contributed by atoms with Gasteiger partial charge in [-0.1, -0.05) is 35.5 Å². The Balaban J connectivity index is 2.68. The van der Waals surface area contributed by atoms with Gasteiger partial charge in [0.05, 0.1) is 0 Å². The third-order valence-electron chi connectivity index (χ3n) is 3.35. The van der Waals surface area contributed by atoms with Crippen molar-refractivity contribution >= 4 is 15.5 Å². The van der Waals surface area contributed by atoms with E-state index in [1.54, 1.807) is 0 Å². The molecule has 0 bridgehead atoms. The standard InChI is InChI=1S/C12H9F6NO3S/c1-10(11(13,14)15)9(23(20,21)12(16,17)18)8(19-22-10)7-5-3-2-4-6-7/h2-6,9H,1H3/t9-,10-/m0/s1. The molecule has 0 aromatic heterocycles. The Hall–Kier alpha value is -1.78. The molecule has 128 valence electrons. The Morgan fingerprint density at radius 1 is 1.09 bits per heavy atom. The first-order valence-corrected chi connectivity index (χ1v) is 7.55. The quantitative estimate of drug-likeness (QED) is 0.761. The second-order valence-corrected chi connectivity index (χ2v) is 6.93. The summed E-state index contributed by atoms with van der Waals surface area (Å²) in [5.74, 6) is 0. The summed E-state index contributed by atoms with van der Waals surface area (Å²) in [5, 5.41) is -0.0537. The van der Waals surface area contributed by atoms with Crippen molar-refractivity contribution in [3.8, 4) is 0 Å². The maximum Gasteiger partial charge on any atom is 0.498 e. The van der Waals surface area contributed by atoms with E-state index in [4.69, 9.17) is 0 Å². The number of nitrogens with zero attached hydrogens (tertiary/aromatic N) is 1. The summed E-state index contributed by atoms with van der Waals surface area (Å²) in [6.07, 6.45) is -5.39. The molecule has 1 heterocycles. The first-order chi connectivity index (χ1) is 10.3. The predicted octanol–water partition coefficient (Wildman–Crippen LogP) is 3.05. The lowest BCUT2D eigenvalue weighted by molar-refractivity contribution is -0.260. The van der Waals surface area contributed by atoms with E-state index in [1.807, 2.05) is 0 Å². The van der Waals surface area contributed by atoms with Crippen molar-refractivity contribution in [2.24, 2.45) is 5.16 Å². The fraction of sp³-hybridized carbons (Fsp3) is 0.417. The second-order valence-electron chi connectivity index (χ2n) is 4.91. The van der Waals surface area contributed by atoms with E-state index in [0.29, 0.717) is 0 Å². The van der Waals surface area contributed by atoms with Gasteiger partial charge in [-0.3, -0.25) is 0 Å². The Kier molecular flexibility index (Phi) is 3.91. The molecule has 0 amide bonds. The Morgan fingerprint density at radius 2 is 1.61 bits per heavy atom. The molecule has 0 spiro atoms. The minimum atomic E-state index is -6.24. The van der Waals surface area contributed by atoms with E-state index in [-0.39, 0.29) is 12.5 Å². The molecule has 2 rings (SSSR count). The van der Waals surface area contributed by atoms with E-state index in [0.717, 1.165) is 12.1 Å². The summed E-state index contributed by atoms with van der Waals surface area (Å²) in [6.45, 7) is 0.223. The van der Waals surface area contributed by atoms with Gasteiger partial charge in [-0.05, 0) is 6.92 Å². The molecular weight excluding hydrogens is 352 g/mol. The van der Waals surface area contributed by atoms with Crippen LogP contribution >= 0.6 is 0 Å². The predicted molar refractivity (Wildman–Crippen MR) is 67.3 cm³/mol. The highest BCUT2D eigenvalue weighted by Crippen LogP contribution is 2.47. The van der Waals surface area contributed by atoms with E-state index in [1.165, 1.54) is 18.2 Å². The largest absolute Gasteiger partial charge is 0.498 e. The Morgan fingerprint density at radius 3 is 2.04 bits per heavy atom. The van der Waals surface area contributed by atoms with Gasteiger partial charge in [-0.2, -0.15) is 26.3 Å². The number of hydrogen-bond acceptors (Lipinski definition) is 4. The highest BCUT2D eigenvalue weighted by atomic mass is 32.2. The van der Waals surface area contributed by atoms with Crippen molar-refractivity contribution in [1.29, 1.82) is 0 Å². The van der Waals surface area contributed by atoms with Crippen molar-refractivity contribution in [3.63, 3.8) is 0 Å². The summed E-state index contributed by atoms with van der Waals surface area (Å²) < 4.78 is 101. The molecule has 0 unspecified atom stereocenters. The molecule has 1 aromatic carbocycles. The number of rotatable bonds is 2. The van der Waals surface area contributed by atoms with Crippen LogP contribution in [-0.4, -0.2) is 36.7 Å². The van der Waals surface area contributed by atoms with Crippen LogP contribution in [0.3, 0.4) is 0 Å².